The van der Waals surface area contributed by atoms with Gasteiger partial charge in [0.25, 0.3) is 5.91 Å². The summed E-state index contributed by atoms with van der Waals surface area (Å²) in [6.45, 7) is 4.35. The molecule has 1 amide bonds. The van der Waals surface area contributed by atoms with Crippen LogP contribution in [0.3, 0.4) is 0 Å². The van der Waals surface area contributed by atoms with E-state index in [-0.39, 0.29) is 5.91 Å². The molecule has 132 valence electrons. The lowest BCUT2D eigenvalue weighted by atomic mass is 10.0. The van der Waals surface area contributed by atoms with E-state index in [9.17, 15) is 4.79 Å². The number of anilines is 1. The zero-order chi connectivity index (χ0) is 17.2. The Kier molecular flexibility index (Phi) is 4.31. The summed E-state index contributed by atoms with van der Waals surface area (Å²) in [4.78, 5) is 13.6. The number of hydrogen-bond donors (Lipinski definition) is 2. The molecule has 2 atom stereocenters. The topological polar surface area (TPSA) is 78.0 Å². The molecule has 1 aromatic heterocycles. The molecule has 0 spiro atoms. The molecular weight excluding hydrogens is 322 g/mol. The van der Waals surface area contributed by atoms with Crippen molar-refractivity contribution >= 4 is 11.7 Å². The zero-order valence-corrected chi connectivity index (χ0v) is 14.2. The van der Waals surface area contributed by atoms with Crippen LogP contribution in [0.1, 0.15) is 30.2 Å². The SMILES string of the molecule is Cc1cc(NC(=O)C[NH+]2CCC[C@H]2c2ccc3c(c2)OCCO3)no1. The molecule has 3 heterocycles. The first kappa shape index (κ1) is 16.0. The van der Waals surface area contributed by atoms with Crippen molar-refractivity contribution in [2.45, 2.75) is 25.8 Å². The molecule has 2 aliphatic heterocycles. The number of ether oxygens (including phenoxy) is 2. The van der Waals surface area contributed by atoms with Crippen LogP contribution in [-0.2, 0) is 4.79 Å². The van der Waals surface area contributed by atoms with Crippen LogP contribution in [0.15, 0.2) is 28.8 Å². The van der Waals surface area contributed by atoms with Gasteiger partial charge in [-0.05, 0) is 25.1 Å². The standard InChI is InChI=1S/C18H21N3O4/c1-12-9-17(20-25-12)19-18(22)11-21-6-2-3-14(21)13-4-5-15-16(10-13)24-8-7-23-15/h4-5,9-10,14H,2-3,6-8,11H2,1H3,(H,19,20,22)/p+1/t14-/m0/s1. The van der Waals surface area contributed by atoms with E-state index >= 15 is 0 Å². The Hall–Kier alpha value is -2.54. The number of amides is 1. The molecule has 7 nitrogen and oxygen atoms in total. The van der Waals surface area contributed by atoms with Gasteiger partial charge >= 0.3 is 0 Å². The van der Waals surface area contributed by atoms with Crippen LogP contribution < -0.4 is 19.7 Å². The Labute approximate surface area is 145 Å². The Morgan fingerprint density at radius 2 is 2.12 bits per heavy atom. The van der Waals surface area contributed by atoms with Gasteiger partial charge in [-0.1, -0.05) is 5.16 Å². The maximum atomic E-state index is 12.3. The normalized spacial score (nSPS) is 22.0. The minimum absolute atomic E-state index is 0.0484. The van der Waals surface area contributed by atoms with Gasteiger partial charge < -0.3 is 24.2 Å². The largest absolute Gasteiger partial charge is 0.486 e. The van der Waals surface area contributed by atoms with Crippen molar-refractivity contribution in [2.75, 3.05) is 31.6 Å². The van der Waals surface area contributed by atoms with Crippen LogP contribution in [0.4, 0.5) is 5.82 Å². The highest BCUT2D eigenvalue weighted by atomic mass is 16.6. The first-order valence-corrected chi connectivity index (χ1v) is 8.66. The fourth-order valence-electron chi connectivity index (χ4n) is 3.62. The third-order valence-electron chi connectivity index (χ3n) is 4.74. The van der Waals surface area contributed by atoms with Crippen molar-refractivity contribution in [3.05, 3.63) is 35.6 Å². The van der Waals surface area contributed by atoms with E-state index in [0.717, 1.165) is 30.9 Å². The third-order valence-corrected chi connectivity index (χ3v) is 4.74. The fraction of sp³-hybridized carbons (Fsp3) is 0.444. The summed E-state index contributed by atoms with van der Waals surface area (Å²) in [5.74, 6) is 2.70. The molecule has 4 rings (SSSR count). The minimum Gasteiger partial charge on any atom is -0.486 e. The summed E-state index contributed by atoms with van der Waals surface area (Å²) < 4.78 is 16.3. The van der Waals surface area contributed by atoms with E-state index in [4.69, 9.17) is 14.0 Å². The number of carbonyl (C=O) groups excluding carboxylic acids is 1. The van der Waals surface area contributed by atoms with Crippen LogP contribution in [0, 0.1) is 6.92 Å². The molecule has 0 saturated carbocycles. The van der Waals surface area contributed by atoms with Gasteiger partial charge in [-0.25, -0.2) is 0 Å². The molecule has 1 saturated heterocycles. The van der Waals surface area contributed by atoms with E-state index in [0.29, 0.717) is 37.4 Å². The molecule has 0 aliphatic carbocycles. The van der Waals surface area contributed by atoms with E-state index < -0.39 is 0 Å². The summed E-state index contributed by atoms with van der Waals surface area (Å²) in [5.41, 5.74) is 1.20. The second-order valence-corrected chi connectivity index (χ2v) is 6.55. The van der Waals surface area contributed by atoms with Crippen LogP contribution in [-0.4, -0.2) is 37.4 Å². The zero-order valence-electron chi connectivity index (χ0n) is 14.2. The molecule has 1 fully saturated rings. The molecule has 1 aromatic carbocycles. The third kappa shape index (κ3) is 3.46. The number of quaternary nitrogens is 1. The smallest absolute Gasteiger partial charge is 0.280 e. The van der Waals surface area contributed by atoms with Gasteiger partial charge in [-0.15, -0.1) is 0 Å². The van der Waals surface area contributed by atoms with Crippen molar-refractivity contribution in [1.29, 1.82) is 0 Å². The number of aromatic nitrogens is 1. The summed E-state index contributed by atoms with van der Waals surface area (Å²) in [5, 5.41) is 6.61. The maximum absolute atomic E-state index is 12.3. The number of hydrogen-bond acceptors (Lipinski definition) is 5. The molecule has 7 heteroatoms. The first-order valence-electron chi connectivity index (χ1n) is 8.66. The first-order chi connectivity index (χ1) is 12.2. The van der Waals surface area contributed by atoms with Crippen molar-refractivity contribution in [3.63, 3.8) is 0 Å². The van der Waals surface area contributed by atoms with E-state index in [2.05, 4.69) is 22.6 Å². The van der Waals surface area contributed by atoms with Crippen molar-refractivity contribution in [2.24, 2.45) is 0 Å². The molecule has 0 radical (unpaired) electrons. The predicted molar refractivity (Wildman–Crippen MR) is 90.0 cm³/mol. The lowest BCUT2D eigenvalue weighted by Crippen LogP contribution is -3.11. The Balaban J connectivity index is 1.44. The van der Waals surface area contributed by atoms with E-state index in [1.165, 1.54) is 10.5 Å². The fourth-order valence-corrected chi connectivity index (χ4v) is 3.62. The average Bonchev–Trinajstić information content (AvgIpc) is 3.23. The summed E-state index contributed by atoms with van der Waals surface area (Å²) >= 11 is 0. The number of nitrogens with zero attached hydrogens (tertiary/aromatic N) is 1. The van der Waals surface area contributed by atoms with E-state index in [1.54, 1.807) is 13.0 Å². The minimum atomic E-state index is -0.0484. The highest BCUT2D eigenvalue weighted by Gasteiger charge is 2.32. The van der Waals surface area contributed by atoms with Crippen LogP contribution >= 0.6 is 0 Å². The lowest BCUT2D eigenvalue weighted by molar-refractivity contribution is -0.910. The number of fused-ring (bicyclic) bond motifs is 1. The predicted octanol–water partition coefficient (Wildman–Crippen LogP) is 1.11. The molecule has 2 aliphatic rings. The summed E-state index contributed by atoms with van der Waals surface area (Å²) in [6, 6.07) is 8.12. The number of carbonyl (C=O) groups is 1. The highest BCUT2D eigenvalue weighted by Crippen LogP contribution is 2.33. The monoisotopic (exact) mass is 344 g/mol. The summed E-state index contributed by atoms with van der Waals surface area (Å²) in [6.07, 6.45) is 2.16. The summed E-state index contributed by atoms with van der Waals surface area (Å²) in [7, 11) is 0. The Morgan fingerprint density at radius 1 is 1.28 bits per heavy atom. The van der Waals surface area contributed by atoms with Gasteiger partial charge in [-0.3, -0.25) is 4.79 Å². The number of likely N-dealkylation sites (tertiary alicyclic amines) is 1. The maximum Gasteiger partial charge on any atom is 0.280 e. The second kappa shape index (κ2) is 6.76. The van der Waals surface area contributed by atoms with Crippen LogP contribution in [0.2, 0.25) is 0 Å². The number of rotatable bonds is 4. The van der Waals surface area contributed by atoms with Crippen molar-refractivity contribution in [1.82, 2.24) is 5.16 Å². The lowest BCUT2D eigenvalue weighted by Gasteiger charge is -2.23. The number of benzene rings is 1. The Bertz CT molecular complexity index is 773. The van der Waals surface area contributed by atoms with Gasteiger partial charge in [0.2, 0.25) is 0 Å². The van der Waals surface area contributed by atoms with Gasteiger partial charge in [0.1, 0.15) is 25.0 Å². The van der Waals surface area contributed by atoms with Gasteiger partial charge in [-0.2, -0.15) is 0 Å². The molecule has 0 bridgehead atoms. The van der Waals surface area contributed by atoms with Gasteiger partial charge in [0.15, 0.2) is 23.9 Å². The van der Waals surface area contributed by atoms with Crippen molar-refractivity contribution in [3.8, 4) is 11.5 Å². The molecule has 2 N–H and O–H groups in total. The van der Waals surface area contributed by atoms with Crippen molar-refractivity contribution < 1.29 is 23.7 Å². The molecular formula is C18H22N3O4+. The second-order valence-electron chi connectivity index (χ2n) is 6.55. The molecule has 1 unspecified atom stereocenters. The quantitative estimate of drug-likeness (QED) is 0.869. The number of aryl methyl sites for hydroxylation is 1. The molecule has 2 aromatic rings. The Morgan fingerprint density at radius 3 is 2.92 bits per heavy atom. The van der Waals surface area contributed by atoms with Crippen LogP contribution in [0.5, 0.6) is 11.5 Å². The average molecular weight is 344 g/mol. The highest BCUT2D eigenvalue weighted by molar-refractivity contribution is 5.90. The van der Waals surface area contributed by atoms with Gasteiger partial charge in [0, 0.05) is 24.5 Å². The van der Waals surface area contributed by atoms with Gasteiger partial charge in [0.05, 0.1) is 6.54 Å². The number of nitrogens with one attached hydrogen (secondary N) is 2. The molecule has 25 heavy (non-hydrogen) atoms. The van der Waals surface area contributed by atoms with E-state index in [1.807, 2.05) is 6.07 Å². The van der Waals surface area contributed by atoms with Crippen LogP contribution in [0.25, 0.3) is 0 Å².